The van der Waals surface area contributed by atoms with Crippen molar-refractivity contribution in [3.8, 4) is 5.75 Å². The van der Waals surface area contributed by atoms with Crippen molar-refractivity contribution in [2.45, 2.75) is 32.9 Å². The first-order chi connectivity index (χ1) is 10.2. The molecule has 0 radical (unpaired) electrons. The van der Waals surface area contributed by atoms with E-state index in [1.807, 2.05) is 25.4 Å². The van der Waals surface area contributed by atoms with E-state index in [0.717, 1.165) is 36.6 Å². The van der Waals surface area contributed by atoms with E-state index < -0.39 is 0 Å². The molecule has 0 spiro atoms. The van der Waals surface area contributed by atoms with Gasteiger partial charge >= 0.3 is 0 Å². The van der Waals surface area contributed by atoms with E-state index >= 15 is 0 Å². The van der Waals surface area contributed by atoms with Crippen LogP contribution in [0.1, 0.15) is 35.5 Å². The minimum atomic E-state index is 0.368. The minimum Gasteiger partial charge on any atom is -0.497 e. The molecule has 2 heterocycles. The Balaban J connectivity index is 1.81. The van der Waals surface area contributed by atoms with E-state index in [4.69, 9.17) is 4.74 Å². The standard InChI is InChI=1S/C17H21N3O/c1-12-9-19-15(10-18-12)11-20-7-6-14-4-5-16(21-3)8-17(14)13(20)2/h4-5,8-10,13H,6-7,11H2,1-3H3. The average molecular weight is 283 g/mol. The SMILES string of the molecule is COc1ccc2c(c1)C(C)N(Cc1cnc(C)cn1)CC2. The van der Waals surface area contributed by atoms with Crippen LogP contribution in [-0.2, 0) is 13.0 Å². The molecule has 3 rings (SSSR count). The normalized spacial score (nSPS) is 18.3. The van der Waals surface area contributed by atoms with Gasteiger partial charge in [0.15, 0.2) is 0 Å². The van der Waals surface area contributed by atoms with Crippen molar-refractivity contribution in [1.29, 1.82) is 0 Å². The van der Waals surface area contributed by atoms with E-state index in [1.165, 1.54) is 11.1 Å². The largest absolute Gasteiger partial charge is 0.497 e. The smallest absolute Gasteiger partial charge is 0.119 e. The van der Waals surface area contributed by atoms with E-state index in [2.05, 4.69) is 33.9 Å². The summed E-state index contributed by atoms with van der Waals surface area (Å²) in [5, 5.41) is 0. The predicted octanol–water partition coefficient (Wildman–Crippen LogP) is 2.91. The van der Waals surface area contributed by atoms with Crippen molar-refractivity contribution in [3.63, 3.8) is 0 Å². The highest BCUT2D eigenvalue weighted by Crippen LogP contribution is 2.32. The number of nitrogens with zero attached hydrogens (tertiary/aromatic N) is 3. The van der Waals surface area contributed by atoms with Gasteiger partial charge in [0.25, 0.3) is 0 Å². The molecule has 0 fully saturated rings. The van der Waals surface area contributed by atoms with E-state index in [-0.39, 0.29) is 0 Å². The Morgan fingerprint density at radius 3 is 2.86 bits per heavy atom. The lowest BCUT2D eigenvalue weighted by molar-refractivity contribution is 0.186. The van der Waals surface area contributed by atoms with Crippen LogP contribution in [0.15, 0.2) is 30.6 Å². The summed E-state index contributed by atoms with van der Waals surface area (Å²) in [7, 11) is 1.72. The lowest BCUT2D eigenvalue weighted by Gasteiger charge is -2.35. The zero-order chi connectivity index (χ0) is 14.8. The summed E-state index contributed by atoms with van der Waals surface area (Å²) < 4.78 is 5.35. The number of ether oxygens (including phenoxy) is 1. The lowest BCUT2D eigenvalue weighted by Crippen LogP contribution is -2.33. The van der Waals surface area contributed by atoms with Crippen molar-refractivity contribution in [1.82, 2.24) is 14.9 Å². The molecule has 4 nitrogen and oxygen atoms in total. The molecular weight excluding hydrogens is 262 g/mol. The predicted molar refractivity (Wildman–Crippen MR) is 82.3 cm³/mol. The Hall–Kier alpha value is -1.94. The molecule has 0 aliphatic carbocycles. The summed E-state index contributed by atoms with van der Waals surface area (Å²) in [6.45, 7) is 6.10. The molecule has 1 aromatic carbocycles. The number of aromatic nitrogens is 2. The molecule has 0 saturated carbocycles. The van der Waals surface area contributed by atoms with Gasteiger partial charge in [-0.05, 0) is 43.5 Å². The molecule has 0 bridgehead atoms. The maximum Gasteiger partial charge on any atom is 0.119 e. The van der Waals surface area contributed by atoms with Crippen LogP contribution in [0.2, 0.25) is 0 Å². The summed E-state index contributed by atoms with van der Waals surface area (Å²) in [5.41, 5.74) is 4.77. The maximum atomic E-state index is 5.35. The maximum absolute atomic E-state index is 5.35. The van der Waals surface area contributed by atoms with Gasteiger partial charge < -0.3 is 4.74 Å². The second kappa shape index (κ2) is 5.82. The highest BCUT2D eigenvalue weighted by Gasteiger charge is 2.24. The van der Waals surface area contributed by atoms with Gasteiger partial charge in [0.1, 0.15) is 5.75 Å². The lowest BCUT2D eigenvalue weighted by atomic mass is 9.93. The third-order valence-corrected chi connectivity index (χ3v) is 4.22. The first kappa shape index (κ1) is 14.0. The molecule has 2 aromatic rings. The Morgan fingerprint density at radius 1 is 1.29 bits per heavy atom. The van der Waals surface area contributed by atoms with Crippen LogP contribution in [0.5, 0.6) is 5.75 Å². The van der Waals surface area contributed by atoms with Crippen LogP contribution < -0.4 is 4.74 Å². The number of hydrogen-bond donors (Lipinski definition) is 0. The zero-order valence-electron chi connectivity index (χ0n) is 12.8. The Kier molecular flexibility index (Phi) is 3.88. The molecule has 0 saturated heterocycles. The van der Waals surface area contributed by atoms with Gasteiger partial charge in [-0.3, -0.25) is 14.9 Å². The fourth-order valence-corrected chi connectivity index (χ4v) is 2.90. The molecular formula is C17H21N3O. The molecule has 1 atom stereocenters. The number of rotatable bonds is 3. The molecule has 1 aliphatic heterocycles. The van der Waals surface area contributed by atoms with Gasteiger partial charge in [0, 0.05) is 31.5 Å². The second-order valence-electron chi connectivity index (χ2n) is 5.61. The van der Waals surface area contributed by atoms with Crippen LogP contribution in [-0.4, -0.2) is 28.5 Å². The third-order valence-electron chi connectivity index (χ3n) is 4.22. The summed E-state index contributed by atoms with van der Waals surface area (Å²) in [6, 6.07) is 6.76. The van der Waals surface area contributed by atoms with Gasteiger partial charge in [-0.1, -0.05) is 6.07 Å². The van der Waals surface area contributed by atoms with Crippen LogP contribution >= 0.6 is 0 Å². The van der Waals surface area contributed by atoms with Crippen LogP contribution in [0.3, 0.4) is 0 Å². The number of hydrogen-bond acceptors (Lipinski definition) is 4. The molecule has 0 amide bonds. The van der Waals surface area contributed by atoms with Crippen LogP contribution in [0.25, 0.3) is 0 Å². The number of fused-ring (bicyclic) bond motifs is 1. The summed E-state index contributed by atoms with van der Waals surface area (Å²) in [5.74, 6) is 0.928. The van der Waals surface area contributed by atoms with Gasteiger partial charge in [0.05, 0.1) is 18.5 Å². The number of benzene rings is 1. The average Bonchev–Trinajstić information content (AvgIpc) is 2.52. The topological polar surface area (TPSA) is 38.2 Å². The first-order valence-electron chi connectivity index (χ1n) is 7.36. The van der Waals surface area contributed by atoms with Crippen molar-refractivity contribution < 1.29 is 4.74 Å². The molecule has 21 heavy (non-hydrogen) atoms. The minimum absolute atomic E-state index is 0.368. The summed E-state index contributed by atoms with van der Waals surface area (Å²) in [4.78, 5) is 11.2. The monoisotopic (exact) mass is 283 g/mol. The first-order valence-corrected chi connectivity index (χ1v) is 7.36. The van der Waals surface area contributed by atoms with Gasteiger partial charge in [-0.2, -0.15) is 0 Å². The highest BCUT2D eigenvalue weighted by molar-refractivity contribution is 5.39. The van der Waals surface area contributed by atoms with Crippen LogP contribution in [0, 0.1) is 6.92 Å². The highest BCUT2D eigenvalue weighted by atomic mass is 16.5. The fourth-order valence-electron chi connectivity index (χ4n) is 2.90. The van der Waals surface area contributed by atoms with Crippen molar-refractivity contribution in [2.24, 2.45) is 0 Å². The number of methoxy groups -OCH3 is 1. The molecule has 1 aliphatic rings. The summed E-state index contributed by atoms with van der Waals surface area (Å²) >= 11 is 0. The Bertz CT molecular complexity index is 624. The van der Waals surface area contributed by atoms with Crippen molar-refractivity contribution in [3.05, 3.63) is 53.1 Å². The molecule has 1 unspecified atom stereocenters. The molecule has 1 aromatic heterocycles. The molecule has 0 N–H and O–H groups in total. The van der Waals surface area contributed by atoms with Crippen molar-refractivity contribution >= 4 is 0 Å². The third kappa shape index (κ3) is 2.90. The van der Waals surface area contributed by atoms with E-state index in [0.29, 0.717) is 6.04 Å². The van der Waals surface area contributed by atoms with Gasteiger partial charge in [-0.25, -0.2) is 0 Å². The van der Waals surface area contributed by atoms with E-state index in [9.17, 15) is 0 Å². The number of aryl methyl sites for hydroxylation is 1. The van der Waals surface area contributed by atoms with Crippen LogP contribution in [0.4, 0.5) is 0 Å². The van der Waals surface area contributed by atoms with Crippen molar-refractivity contribution in [2.75, 3.05) is 13.7 Å². The molecule has 4 heteroatoms. The fraction of sp³-hybridized carbons (Fsp3) is 0.412. The Morgan fingerprint density at radius 2 is 2.14 bits per heavy atom. The molecule has 110 valence electrons. The Labute approximate surface area is 125 Å². The quantitative estimate of drug-likeness (QED) is 0.868. The second-order valence-corrected chi connectivity index (χ2v) is 5.61. The zero-order valence-corrected chi connectivity index (χ0v) is 12.8. The van der Waals surface area contributed by atoms with Gasteiger partial charge in [-0.15, -0.1) is 0 Å². The van der Waals surface area contributed by atoms with Gasteiger partial charge in [0.2, 0.25) is 0 Å². The van der Waals surface area contributed by atoms with E-state index in [1.54, 1.807) is 7.11 Å². The summed E-state index contributed by atoms with van der Waals surface area (Å²) in [6.07, 6.45) is 4.78.